The number of nitrogens with zero attached hydrogens (tertiary/aromatic N) is 1. The number of rotatable bonds is 2. The Hall–Kier alpha value is -1.29. The molecule has 0 aliphatic heterocycles. The van der Waals surface area contributed by atoms with E-state index in [0.717, 1.165) is 6.42 Å². The van der Waals surface area contributed by atoms with Crippen LogP contribution in [0.15, 0.2) is 18.2 Å². The van der Waals surface area contributed by atoms with E-state index in [-0.39, 0.29) is 0 Å². The molecule has 1 heteroatoms. The van der Waals surface area contributed by atoms with Crippen molar-refractivity contribution >= 4 is 0 Å². The van der Waals surface area contributed by atoms with Crippen molar-refractivity contribution < 1.29 is 0 Å². The van der Waals surface area contributed by atoms with Crippen molar-refractivity contribution in [3.63, 3.8) is 0 Å². The molecule has 0 atom stereocenters. The molecule has 0 aromatic heterocycles. The number of hydrogen-bond acceptors (Lipinski definition) is 0. The van der Waals surface area contributed by atoms with Gasteiger partial charge in [-0.15, -0.1) is 0 Å². The van der Waals surface area contributed by atoms with Gasteiger partial charge in [0.15, 0.2) is 0 Å². The molecule has 0 spiro atoms. The van der Waals surface area contributed by atoms with E-state index in [1.807, 2.05) is 0 Å². The number of hydrogen-bond donors (Lipinski definition) is 0. The normalized spacial score (nSPS) is 9.42. The molecule has 1 aromatic carbocycles. The molecule has 0 amide bonds. The van der Waals surface area contributed by atoms with Crippen LogP contribution in [0.3, 0.4) is 0 Å². The van der Waals surface area contributed by atoms with Crippen LogP contribution in [-0.2, 0) is 6.42 Å². The Labute approximate surface area is 73.9 Å². The molecule has 0 radical (unpaired) electrons. The maximum absolute atomic E-state index is 6.72. The van der Waals surface area contributed by atoms with Gasteiger partial charge in [-0.05, 0) is 30.5 Å². The second-order valence-corrected chi connectivity index (χ2v) is 3.00. The van der Waals surface area contributed by atoms with Crippen LogP contribution in [0.1, 0.15) is 16.7 Å². The van der Waals surface area contributed by atoms with E-state index in [1.165, 1.54) is 16.7 Å². The summed E-state index contributed by atoms with van der Waals surface area (Å²) in [5, 5.41) is 0. The van der Waals surface area contributed by atoms with Gasteiger partial charge in [0, 0.05) is 6.42 Å². The van der Waals surface area contributed by atoms with Gasteiger partial charge in [0.05, 0.1) is 0 Å². The highest BCUT2D eigenvalue weighted by molar-refractivity contribution is 5.33. The molecule has 0 fully saturated rings. The molecule has 12 heavy (non-hydrogen) atoms. The third-order valence-corrected chi connectivity index (χ3v) is 2.12. The Morgan fingerprint density at radius 1 is 1.25 bits per heavy atom. The zero-order valence-corrected chi connectivity index (χ0v) is 7.59. The summed E-state index contributed by atoms with van der Waals surface area (Å²) in [6.45, 7) is 11.5. The Morgan fingerprint density at radius 3 is 2.33 bits per heavy atom. The molecule has 0 heterocycles. The maximum atomic E-state index is 6.72. The lowest BCUT2D eigenvalue weighted by atomic mass is 10.0. The standard InChI is InChI=1S/C11H13N/c1-9-5-4-6-10(2)11(9)7-8-12-3/h4-6H,7-8H2,1-2H3. The SMILES string of the molecule is [C-]#[N+]CCc1c(C)cccc1C. The first-order valence-corrected chi connectivity index (χ1v) is 4.14. The summed E-state index contributed by atoms with van der Waals surface area (Å²) in [6.07, 6.45) is 0.891. The van der Waals surface area contributed by atoms with Crippen LogP contribution < -0.4 is 0 Å². The van der Waals surface area contributed by atoms with E-state index >= 15 is 0 Å². The van der Waals surface area contributed by atoms with Gasteiger partial charge in [-0.25, -0.2) is 6.57 Å². The molecule has 0 saturated carbocycles. The Morgan fingerprint density at radius 2 is 1.83 bits per heavy atom. The largest absolute Gasteiger partial charge is 0.317 e. The van der Waals surface area contributed by atoms with Crippen molar-refractivity contribution in [1.29, 1.82) is 0 Å². The number of aryl methyl sites for hydroxylation is 2. The van der Waals surface area contributed by atoms with E-state index in [9.17, 15) is 0 Å². The third kappa shape index (κ3) is 1.85. The van der Waals surface area contributed by atoms with E-state index in [0.29, 0.717) is 6.54 Å². The quantitative estimate of drug-likeness (QED) is 0.584. The van der Waals surface area contributed by atoms with Crippen LogP contribution in [0.25, 0.3) is 4.85 Å². The first-order valence-electron chi connectivity index (χ1n) is 4.14. The fraction of sp³-hybridized carbons (Fsp3) is 0.364. The second kappa shape index (κ2) is 3.92. The fourth-order valence-electron chi connectivity index (χ4n) is 1.41. The predicted molar refractivity (Wildman–Crippen MR) is 51.1 cm³/mol. The van der Waals surface area contributed by atoms with E-state index in [4.69, 9.17) is 6.57 Å². The van der Waals surface area contributed by atoms with Crippen molar-refractivity contribution in [2.45, 2.75) is 20.3 Å². The molecule has 0 aliphatic carbocycles. The maximum Gasteiger partial charge on any atom is 0.218 e. The minimum absolute atomic E-state index is 0.603. The van der Waals surface area contributed by atoms with Crippen molar-refractivity contribution in [3.8, 4) is 0 Å². The van der Waals surface area contributed by atoms with Gasteiger partial charge < -0.3 is 4.85 Å². The summed E-state index contributed by atoms with van der Waals surface area (Å²) in [4.78, 5) is 3.36. The van der Waals surface area contributed by atoms with Gasteiger partial charge in [0.2, 0.25) is 6.54 Å². The van der Waals surface area contributed by atoms with Crippen LogP contribution in [0.4, 0.5) is 0 Å². The van der Waals surface area contributed by atoms with Gasteiger partial charge in [-0.3, -0.25) is 0 Å². The smallest absolute Gasteiger partial charge is 0.218 e. The van der Waals surface area contributed by atoms with Crippen molar-refractivity contribution in [2.75, 3.05) is 6.54 Å². The molecule has 1 aromatic rings. The van der Waals surface area contributed by atoms with Crippen molar-refractivity contribution in [3.05, 3.63) is 46.3 Å². The Bertz CT molecular complexity index is 287. The minimum Gasteiger partial charge on any atom is -0.317 e. The van der Waals surface area contributed by atoms with Crippen LogP contribution in [-0.4, -0.2) is 6.54 Å². The summed E-state index contributed by atoms with van der Waals surface area (Å²) >= 11 is 0. The van der Waals surface area contributed by atoms with E-state index in [2.05, 4.69) is 36.9 Å². The zero-order chi connectivity index (χ0) is 8.97. The lowest BCUT2D eigenvalue weighted by Gasteiger charge is -2.05. The van der Waals surface area contributed by atoms with Gasteiger partial charge in [0.1, 0.15) is 0 Å². The first-order chi connectivity index (χ1) is 5.75. The molecule has 0 bridgehead atoms. The minimum atomic E-state index is 0.603. The predicted octanol–water partition coefficient (Wildman–Crippen LogP) is 2.77. The lowest BCUT2D eigenvalue weighted by Crippen LogP contribution is -1.94. The Kier molecular flexibility index (Phi) is 2.88. The van der Waals surface area contributed by atoms with Crippen LogP contribution in [0.5, 0.6) is 0 Å². The lowest BCUT2D eigenvalue weighted by molar-refractivity contribution is 1.04. The molecule has 1 nitrogen and oxygen atoms in total. The highest BCUT2D eigenvalue weighted by Crippen LogP contribution is 2.13. The molecule has 0 saturated heterocycles. The van der Waals surface area contributed by atoms with Gasteiger partial charge in [-0.2, -0.15) is 0 Å². The molecule has 0 unspecified atom stereocenters. The molecular weight excluding hydrogens is 146 g/mol. The van der Waals surface area contributed by atoms with Crippen LogP contribution in [0.2, 0.25) is 0 Å². The summed E-state index contributed by atoms with van der Waals surface area (Å²) in [5.74, 6) is 0. The monoisotopic (exact) mass is 159 g/mol. The number of benzene rings is 1. The van der Waals surface area contributed by atoms with Crippen LogP contribution in [0, 0.1) is 20.4 Å². The fourth-order valence-corrected chi connectivity index (χ4v) is 1.41. The Balaban J connectivity index is 2.90. The molecule has 0 N–H and O–H groups in total. The summed E-state index contributed by atoms with van der Waals surface area (Å²) in [7, 11) is 0. The topological polar surface area (TPSA) is 4.36 Å². The molecular formula is C11H13N. The highest BCUT2D eigenvalue weighted by Gasteiger charge is 2.01. The molecule has 0 aliphatic rings. The average Bonchev–Trinajstić information content (AvgIpc) is 2.04. The van der Waals surface area contributed by atoms with Gasteiger partial charge in [0.25, 0.3) is 0 Å². The van der Waals surface area contributed by atoms with E-state index < -0.39 is 0 Å². The highest BCUT2D eigenvalue weighted by atomic mass is 14.6. The van der Waals surface area contributed by atoms with E-state index in [1.54, 1.807) is 0 Å². The summed E-state index contributed by atoms with van der Waals surface area (Å²) < 4.78 is 0. The summed E-state index contributed by atoms with van der Waals surface area (Å²) in [5.41, 5.74) is 3.95. The third-order valence-electron chi connectivity index (χ3n) is 2.12. The molecule has 1 rings (SSSR count). The summed E-state index contributed by atoms with van der Waals surface area (Å²) in [6, 6.07) is 6.27. The zero-order valence-electron chi connectivity index (χ0n) is 7.59. The van der Waals surface area contributed by atoms with Crippen LogP contribution >= 0.6 is 0 Å². The first kappa shape index (κ1) is 8.80. The molecule has 62 valence electrons. The second-order valence-electron chi connectivity index (χ2n) is 3.00. The van der Waals surface area contributed by atoms with Crippen molar-refractivity contribution in [1.82, 2.24) is 0 Å². The van der Waals surface area contributed by atoms with Gasteiger partial charge in [-0.1, -0.05) is 18.2 Å². The average molecular weight is 159 g/mol. The van der Waals surface area contributed by atoms with Crippen molar-refractivity contribution in [2.24, 2.45) is 0 Å². The van der Waals surface area contributed by atoms with Gasteiger partial charge >= 0.3 is 0 Å².